The molecule has 1 aliphatic heterocycles. The van der Waals surface area contributed by atoms with E-state index in [0.29, 0.717) is 18.1 Å². The Balaban J connectivity index is 1.46. The molecule has 0 aromatic heterocycles. The molecule has 4 rings (SSSR count). The Kier molecular flexibility index (Phi) is 8.33. The highest BCUT2D eigenvalue weighted by atomic mass is 79.9. The highest BCUT2D eigenvalue weighted by Crippen LogP contribution is 2.34. The normalized spacial score (nSPS) is 13.7. The minimum Gasteiger partial charge on any atom is -0.490 e. The fourth-order valence-electron chi connectivity index (χ4n) is 3.62. The van der Waals surface area contributed by atoms with Crippen molar-refractivity contribution in [3.63, 3.8) is 0 Å². The van der Waals surface area contributed by atoms with Gasteiger partial charge in [0.2, 0.25) is 0 Å². The second kappa shape index (κ2) is 11.8. The molecule has 1 saturated heterocycles. The van der Waals surface area contributed by atoms with Gasteiger partial charge in [0.25, 0.3) is 5.69 Å². The SMILES string of the molecule is CCOc1cc(C=Nc2ccc(N3CCOCC3)cc2)c(Br)cc1OCc1ccc([N+](=O)[O-])cc1. The Bertz CT molecular complexity index is 1180. The molecule has 1 aliphatic rings. The lowest BCUT2D eigenvalue weighted by Crippen LogP contribution is -2.36. The van der Waals surface area contributed by atoms with Crippen molar-refractivity contribution in [2.45, 2.75) is 13.5 Å². The fraction of sp³-hybridized carbons (Fsp3) is 0.269. The van der Waals surface area contributed by atoms with Gasteiger partial charge in [0.05, 0.1) is 30.4 Å². The van der Waals surface area contributed by atoms with Crippen LogP contribution in [0.15, 0.2) is 70.1 Å². The number of benzene rings is 3. The van der Waals surface area contributed by atoms with Crippen molar-refractivity contribution in [1.29, 1.82) is 0 Å². The van der Waals surface area contributed by atoms with Crippen molar-refractivity contribution in [1.82, 2.24) is 0 Å². The van der Waals surface area contributed by atoms with Gasteiger partial charge in [-0.2, -0.15) is 0 Å². The van der Waals surface area contributed by atoms with Gasteiger partial charge in [0, 0.05) is 47.2 Å². The lowest BCUT2D eigenvalue weighted by Gasteiger charge is -2.28. The van der Waals surface area contributed by atoms with Gasteiger partial charge in [-0.15, -0.1) is 0 Å². The summed E-state index contributed by atoms with van der Waals surface area (Å²) in [5, 5.41) is 10.8. The van der Waals surface area contributed by atoms with Crippen molar-refractivity contribution in [2.24, 2.45) is 4.99 Å². The Morgan fingerprint density at radius 3 is 2.40 bits per heavy atom. The highest BCUT2D eigenvalue weighted by Gasteiger charge is 2.12. The summed E-state index contributed by atoms with van der Waals surface area (Å²) >= 11 is 3.60. The second-order valence-corrected chi connectivity index (χ2v) is 8.69. The maximum absolute atomic E-state index is 10.8. The minimum atomic E-state index is -0.423. The first kappa shape index (κ1) is 24.7. The molecular weight excluding hydrogens is 514 g/mol. The molecule has 35 heavy (non-hydrogen) atoms. The van der Waals surface area contributed by atoms with E-state index in [2.05, 4.69) is 38.0 Å². The van der Waals surface area contributed by atoms with E-state index in [1.807, 2.05) is 31.2 Å². The number of ether oxygens (including phenoxy) is 3. The quantitative estimate of drug-likeness (QED) is 0.190. The number of anilines is 1. The molecule has 0 unspecified atom stereocenters. The van der Waals surface area contributed by atoms with Crippen LogP contribution in [0.4, 0.5) is 17.1 Å². The second-order valence-electron chi connectivity index (χ2n) is 7.84. The van der Waals surface area contributed by atoms with Gasteiger partial charge in [0.15, 0.2) is 11.5 Å². The molecule has 0 spiro atoms. The highest BCUT2D eigenvalue weighted by molar-refractivity contribution is 9.10. The molecule has 3 aromatic carbocycles. The van der Waals surface area contributed by atoms with Crippen LogP contribution in [0, 0.1) is 10.1 Å². The van der Waals surface area contributed by atoms with E-state index in [-0.39, 0.29) is 12.3 Å². The van der Waals surface area contributed by atoms with Crippen LogP contribution in [0.25, 0.3) is 0 Å². The number of rotatable bonds is 9. The third kappa shape index (κ3) is 6.58. The van der Waals surface area contributed by atoms with Crippen LogP contribution in [0.3, 0.4) is 0 Å². The summed E-state index contributed by atoms with van der Waals surface area (Å²) < 4.78 is 18.0. The summed E-state index contributed by atoms with van der Waals surface area (Å²) in [6.07, 6.45) is 1.79. The molecule has 0 bridgehead atoms. The minimum absolute atomic E-state index is 0.0471. The van der Waals surface area contributed by atoms with Crippen molar-refractivity contribution in [3.05, 3.63) is 86.4 Å². The van der Waals surface area contributed by atoms with Crippen LogP contribution in [0.1, 0.15) is 18.1 Å². The summed E-state index contributed by atoms with van der Waals surface area (Å²) in [5.74, 6) is 1.17. The van der Waals surface area contributed by atoms with Gasteiger partial charge in [-0.05, 0) is 76.9 Å². The molecule has 182 valence electrons. The van der Waals surface area contributed by atoms with Gasteiger partial charge in [-0.1, -0.05) is 0 Å². The topological polar surface area (TPSA) is 86.4 Å². The lowest BCUT2D eigenvalue weighted by molar-refractivity contribution is -0.384. The molecule has 0 saturated carbocycles. The fourth-order valence-corrected chi connectivity index (χ4v) is 4.05. The van der Waals surface area contributed by atoms with Crippen molar-refractivity contribution < 1.29 is 19.1 Å². The smallest absolute Gasteiger partial charge is 0.269 e. The summed E-state index contributed by atoms with van der Waals surface area (Å²) in [7, 11) is 0. The zero-order chi connectivity index (χ0) is 24.6. The molecule has 0 atom stereocenters. The average Bonchev–Trinajstić information content (AvgIpc) is 2.89. The lowest BCUT2D eigenvalue weighted by atomic mass is 10.2. The van der Waals surface area contributed by atoms with Gasteiger partial charge >= 0.3 is 0 Å². The number of hydrogen-bond acceptors (Lipinski definition) is 7. The van der Waals surface area contributed by atoms with E-state index < -0.39 is 4.92 Å². The van der Waals surface area contributed by atoms with Crippen LogP contribution >= 0.6 is 15.9 Å². The molecule has 8 nitrogen and oxygen atoms in total. The predicted octanol–water partition coefficient (Wildman–Crippen LogP) is 5.92. The average molecular weight is 540 g/mol. The molecule has 3 aromatic rings. The molecule has 1 heterocycles. The number of halogens is 1. The van der Waals surface area contributed by atoms with Crippen LogP contribution < -0.4 is 14.4 Å². The zero-order valence-electron chi connectivity index (χ0n) is 19.4. The van der Waals surface area contributed by atoms with Gasteiger partial charge in [-0.25, -0.2) is 0 Å². The maximum atomic E-state index is 10.8. The van der Waals surface area contributed by atoms with E-state index in [4.69, 9.17) is 14.2 Å². The summed E-state index contributed by atoms with van der Waals surface area (Å²) in [6.45, 7) is 5.95. The Morgan fingerprint density at radius 1 is 1.06 bits per heavy atom. The summed E-state index contributed by atoms with van der Waals surface area (Å²) in [6, 6.07) is 18.2. The molecule has 9 heteroatoms. The molecule has 1 fully saturated rings. The Labute approximate surface area is 212 Å². The first-order chi connectivity index (χ1) is 17.0. The molecule has 0 N–H and O–H groups in total. The van der Waals surface area contributed by atoms with Gasteiger partial charge < -0.3 is 19.1 Å². The number of nitro benzene ring substituents is 1. The molecular formula is C26H26BrN3O5. The largest absolute Gasteiger partial charge is 0.490 e. The molecule has 0 aliphatic carbocycles. The molecule has 0 amide bonds. The first-order valence-electron chi connectivity index (χ1n) is 11.3. The monoisotopic (exact) mass is 539 g/mol. The third-order valence-electron chi connectivity index (χ3n) is 5.48. The number of aliphatic imine (C=N–C) groups is 1. The van der Waals surface area contributed by atoms with E-state index in [0.717, 1.165) is 47.6 Å². The number of nitro groups is 1. The standard InChI is InChI=1S/C26H26BrN3O5/c1-2-34-25-15-20(17-28-21-5-9-22(10-6-21)29-11-13-33-14-12-29)24(27)16-26(25)35-18-19-3-7-23(8-4-19)30(31)32/h3-10,15-17H,2,11-14,18H2,1H3. The maximum Gasteiger partial charge on any atom is 0.269 e. The van der Waals surface area contributed by atoms with E-state index in [1.54, 1.807) is 18.3 Å². The van der Waals surface area contributed by atoms with Crippen LogP contribution in [-0.2, 0) is 11.3 Å². The van der Waals surface area contributed by atoms with Crippen molar-refractivity contribution in [2.75, 3.05) is 37.8 Å². The number of morpholine rings is 1. The number of nitrogens with zero attached hydrogens (tertiary/aromatic N) is 3. The van der Waals surface area contributed by atoms with E-state index >= 15 is 0 Å². The summed E-state index contributed by atoms with van der Waals surface area (Å²) in [4.78, 5) is 17.3. The van der Waals surface area contributed by atoms with Gasteiger partial charge in [0.1, 0.15) is 6.61 Å². The Hall–Kier alpha value is -3.43. The predicted molar refractivity (Wildman–Crippen MR) is 139 cm³/mol. The van der Waals surface area contributed by atoms with Crippen LogP contribution in [0.2, 0.25) is 0 Å². The van der Waals surface area contributed by atoms with Gasteiger partial charge in [-0.3, -0.25) is 15.1 Å². The van der Waals surface area contributed by atoms with Crippen molar-refractivity contribution in [3.8, 4) is 11.5 Å². The Morgan fingerprint density at radius 2 is 1.74 bits per heavy atom. The first-order valence-corrected chi connectivity index (χ1v) is 12.1. The third-order valence-corrected chi connectivity index (χ3v) is 6.17. The van der Waals surface area contributed by atoms with Crippen LogP contribution in [-0.4, -0.2) is 44.0 Å². The summed E-state index contributed by atoms with van der Waals surface area (Å²) in [5.41, 5.74) is 3.74. The number of non-ortho nitro benzene ring substituents is 1. The number of hydrogen-bond donors (Lipinski definition) is 0. The van der Waals surface area contributed by atoms with E-state index in [1.165, 1.54) is 17.8 Å². The van der Waals surface area contributed by atoms with E-state index in [9.17, 15) is 10.1 Å². The molecule has 0 radical (unpaired) electrons. The van der Waals surface area contributed by atoms with Crippen LogP contribution in [0.5, 0.6) is 11.5 Å². The zero-order valence-corrected chi connectivity index (χ0v) is 20.9. The van der Waals surface area contributed by atoms with Crippen molar-refractivity contribution >= 4 is 39.2 Å².